The Morgan fingerprint density at radius 1 is 1.04 bits per heavy atom. The van der Waals surface area contributed by atoms with Gasteiger partial charge in [-0.2, -0.15) is 5.10 Å². The van der Waals surface area contributed by atoms with Crippen molar-refractivity contribution in [3.63, 3.8) is 0 Å². The van der Waals surface area contributed by atoms with Gasteiger partial charge in [-0.15, -0.1) is 0 Å². The number of nitrogens with zero attached hydrogens (tertiary/aromatic N) is 1. The third-order valence-corrected chi connectivity index (χ3v) is 2.93. The summed E-state index contributed by atoms with van der Waals surface area (Å²) >= 11 is 0. The Balaban J connectivity index is 2.46. The van der Waals surface area contributed by atoms with E-state index < -0.39 is 23.4 Å². The van der Waals surface area contributed by atoms with Gasteiger partial charge in [0.25, 0.3) is 0 Å². The monoisotopic (exact) mass is 327 g/mol. The molecule has 1 rings (SSSR count). The molecule has 1 aliphatic rings. The van der Waals surface area contributed by atoms with E-state index in [0.717, 1.165) is 25.0 Å². The summed E-state index contributed by atoms with van der Waals surface area (Å²) < 4.78 is 10.4. The number of hydrogen-bond donors (Lipinski definition) is 2. The van der Waals surface area contributed by atoms with E-state index in [4.69, 9.17) is 9.47 Å². The van der Waals surface area contributed by atoms with Gasteiger partial charge in [-0.25, -0.2) is 15.0 Å². The van der Waals surface area contributed by atoms with Crippen molar-refractivity contribution in [3.8, 4) is 0 Å². The first-order valence-electron chi connectivity index (χ1n) is 7.98. The number of alkyl carbamates (subject to hydrolysis) is 1. The van der Waals surface area contributed by atoms with Gasteiger partial charge in [-0.3, -0.25) is 0 Å². The summed E-state index contributed by atoms with van der Waals surface area (Å²) in [6.45, 7) is 10.9. The van der Waals surface area contributed by atoms with Gasteiger partial charge in [-0.1, -0.05) is 0 Å². The van der Waals surface area contributed by atoms with E-state index in [-0.39, 0.29) is 6.04 Å². The zero-order valence-electron chi connectivity index (χ0n) is 15.0. The average molecular weight is 327 g/mol. The number of rotatable bonds is 2. The molecule has 1 fully saturated rings. The van der Waals surface area contributed by atoms with Gasteiger partial charge in [-0.05, 0) is 60.8 Å². The number of amides is 2. The summed E-state index contributed by atoms with van der Waals surface area (Å²) in [5.74, 6) is 0. The van der Waals surface area contributed by atoms with Gasteiger partial charge in [0.05, 0.1) is 0 Å². The zero-order chi connectivity index (χ0) is 17.7. The molecule has 0 saturated heterocycles. The minimum absolute atomic E-state index is 0.0298. The first kappa shape index (κ1) is 19.3. The molecule has 2 amide bonds. The van der Waals surface area contributed by atoms with Crippen LogP contribution in [0, 0.1) is 0 Å². The fraction of sp³-hybridized carbons (Fsp3) is 0.812. The zero-order valence-corrected chi connectivity index (χ0v) is 15.0. The van der Waals surface area contributed by atoms with Crippen LogP contribution in [0.15, 0.2) is 5.10 Å². The van der Waals surface area contributed by atoms with Crippen LogP contribution in [0.4, 0.5) is 9.59 Å². The minimum atomic E-state index is -0.577. The van der Waals surface area contributed by atoms with Crippen molar-refractivity contribution in [2.75, 3.05) is 0 Å². The Hall–Kier alpha value is -1.79. The minimum Gasteiger partial charge on any atom is -0.444 e. The fourth-order valence-corrected chi connectivity index (χ4v) is 2.17. The summed E-state index contributed by atoms with van der Waals surface area (Å²) in [6.07, 6.45) is 2.15. The van der Waals surface area contributed by atoms with Gasteiger partial charge in [0, 0.05) is 18.2 Å². The number of carbonyl (C=O) groups is 2. The lowest BCUT2D eigenvalue weighted by Gasteiger charge is -2.26. The molecule has 0 aliphatic heterocycles. The Morgan fingerprint density at radius 3 is 2.17 bits per heavy atom. The maximum absolute atomic E-state index is 11.8. The molecule has 0 aromatic carbocycles. The topological polar surface area (TPSA) is 89.0 Å². The third kappa shape index (κ3) is 9.05. The second-order valence-corrected chi connectivity index (χ2v) is 7.73. The molecule has 0 spiro atoms. The highest BCUT2D eigenvalue weighted by molar-refractivity contribution is 5.87. The second kappa shape index (κ2) is 7.66. The predicted octanol–water partition coefficient (Wildman–Crippen LogP) is 3.33. The fourth-order valence-electron chi connectivity index (χ4n) is 2.17. The van der Waals surface area contributed by atoms with E-state index in [0.29, 0.717) is 6.42 Å². The molecular weight excluding hydrogens is 298 g/mol. The molecule has 132 valence electrons. The Labute approximate surface area is 138 Å². The Morgan fingerprint density at radius 2 is 1.61 bits per heavy atom. The Kier molecular flexibility index (Phi) is 6.41. The molecule has 1 unspecified atom stereocenters. The van der Waals surface area contributed by atoms with Crippen molar-refractivity contribution in [2.24, 2.45) is 5.10 Å². The van der Waals surface area contributed by atoms with Crippen molar-refractivity contribution in [2.45, 2.75) is 84.5 Å². The normalized spacial score (nSPS) is 20.8. The van der Waals surface area contributed by atoms with Crippen LogP contribution in [0.2, 0.25) is 0 Å². The maximum Gasteiger partial charge on any atom is 0.428 e. The summed E-state index contributed by atoms with van der Waals surface area (Å²) in [5, 5.41) is 6.94. The van der Waals surface area contributed by atoms with Crippen LogP contribution in [0.25, 0.3) is 0 Å². The van der Waals surface area contributed by atoms with E-state index in [1.165, 1.54) is 0 Å². The smallest absolute Gasteiger partial charge is 0.428 e. The molecular formula is C16H29N3O4. The van der Waals surface area contributed by atoms with Crippen molar-refractivity contribution < 1.29 is 19.1 Å². The molecule has 7 heteroatoms. The molecule has 1 atom stereocenters. The van der Waals surface area contributed by atoms with E-state index >= 15 is 0 Å². The van der Waals surface area contributed by atoms with E-state index in [9.17, 15) is 9.59 Å². The lowest BCUT2D eigenvalue weighted by molar-refractivity contribution is 0.0494. The molecule has 0 aromatic rings. The van der Waals surface area contributed by atoms with Crippen LogP contribution in [-0.4, -0.2) is 35.1 Å². The van der Waals surface area contributed by atoms with E-state index in [1.54, 1.807) is 20.8 Å². The van der Waals surface area contributed by atoms with Gasteiger partial charge < -0.3 is 14.8 Å². The molecule has 0 aromatic heterocycles. The standard InChI is InChI=1S/C16H29N3O4/c1-15(2,3)22-13(20)17-11-8-7-9-12(10-11)18-19-14(21)23-16(4,5)6/h11H,7-10H2,1-6H3,(H,17,20)(H,19,21)/b18-12+. The van der Waals surface area contributed by atoms with Crippen LogP contribution >= 0.6 is 0 Å². The van der Waals surface area contributed by atoms with Gasteiger partial charge in [0.15, 0.2) is 0 Å². The SMILES string of the molecule is CC(C)(C)OC(=O)N/N=C1\CCCC(NC(=O)OC(C)(C)C)C1. The highest BCUT2D eigenvalue weighted by atomic mass is 16.6. The lowest BCUT2D eigenvalue weighted by atomic mass is 9.94. The molecule has 7 nitrogen and oxygen atoms in total. The molecule has 0 bridgehead atoms. The highest BCUT2D eigenvalue weighted by Gasteiger charge is 2.23. The number of hydrazone groups is 1. The van der Waals surface area contributed by atoms with Gasteiger partial charge >= 0.3 is 12.2 Å². The molecule has 23 heavy (non-hydrogen) atoms. The van der Waals surface area contributed by atoms with Crippen molar-refractivity contribution in [3.05, 3.63) is 0 Å². The first-order chi connectivity index (χ1) is 10.4. The quantitative estimate of drug-likeness (QED) is 0.761. The number of ether oxygens (including phenoxy) is 2. The molecule has 1 aliphatic carbocycles. The number of hydrogen-bond acceptors (Lipinski definition) is 5. The highest BCUT2D eigenvalue weighted by Crippen LogP contribution is 2.17. The van der Waals surface area contributed by atoms with Gasteiger partial charge in [0.1, 0.15) is 11.2 Å². The van der Waals surface area contributed by atoms with Crippen LogP contribution in [0.1, 0.15) is 67.2 Å². The van der Waals surface area contributed by atoms with Crippen LogP contribution in [0.5, 0.6) is 0 Å². The van der Waals surface area contributed by atoms with Crippen molar-refractivity contribution in [1.29, 1.82) is 0 Å². The molecule has 0 radical (unpaired) electrons. The van der Waals surface area contributed by atoms with Crippen LogP contribution < -0.4 is 10.7 Å². The van der Waals surface area contributed by atoms with Gasteiger partial charge in [0.2, 0.25) is 0 Å². The molecule has 0 heterocycles. The van der Waals surface area contributed by atoms with Crippen LogP contribution in [-0.2, 0) is 9.47 Å². The second-order valence-electron chi connectivity index (χ2n) is 7.73. The maximum atomic E-state index is 11.8. The average Bonchev–Trinajstić information content (AvgIpc) is 2.32. The van der Waals surface area contributed by atoms with E-state index in [2.05, 4.69) is 15.8 Å². The summed E-state index contributed by atoms with van der Waals surface area (Å²) in [4.78, 5) is 23.4. The summed E-state index contributed by atoms with van der Waals surface area (Å²) in [5.41, 5.74) is 2.16. The number of nitrogens with one attached hydrogen (secondary N) is 2. The summed E-state index contributed by atoms with van der Waals surface area (Å²) in [7, 11) is 0. The third-order valence-electron chi connectivity index (χ3n) is 2.93. The Bertz CT molecular complexity index is 461. The largest absolute Gasteiger partial charge is 0.444 e. The van der Waals surface area contributed by atoms with Crippen molar-refractivity contribution in [1.82, 2.24) is 10.7 Å². The molecule has 2 N–H and O–H groups in total. The first-order valence-corrected chi connectivity index (χ1v) is 7.98. The van der Waals surface area contributed by atoms with E-state index in [1.807, 2.05) is 20.8 Å². The number of carbonyl (C=O) groups excluding carboxylic acids is 2. The predicted molar refractivity (Wildman–Crippen MR) is 88.4 cm³/mol. The van der Waals surface area contributed by atoms with Crippen LogP contribution in [0.3, 0.4) is 0 Å². The lowest BCUT2D eigenvalue weighted by Crippen LogP contribution is -2.42. The summed E-state index contributed by atoms with van der Waals surface area (Å²) in [6, 6.07) is -0.0298. The van der Waals surface area contributed by atoms with Crippen molar-refractivity contribution >= 4 is 17.9 Å². The molecule has 1 saturated carbocycles.